The Balaban J connectivity index is 1.13. The Morgan fingerprint density at radius 2 is 1.59 bits per heavy atom. The molecule has 0 aromatic heterocycles. The number of urea groups is 1. The maximum Gasteiger partial charge on any atom is 0.320 e. The van der Waals surface area contributed by atoms with Gasteiger partial charge in [-0.25, -0.2) is 4.79 Å². The summed E-state index contributed by atoms with van der Waals surface area (Å²) in [6, 6.07) is 18.1. The van der Waals surface area contributed by atoms with E-state index in [0.717, 1.165) is 43.9 Å². The van der Waals surface area contributed by atoms with Crippen LogP contribution in [0.25, 0.3) is 0 Å². The molecular weight excluding hydrogens is 406 g/mol. The number of hydrogen-bond acceptors (Lipinski definition) is 4. The summed E-state index contributed by atoms with van der Waals surface area (Å²) in [5.74, 6) is 2.01. The number of amides is 3. The largest absolute Gasteiger partial charge is 0.457 e. The fraction of sp³-hybridized carbons (Fsp3) is 0.440. The number of nitrogens with one attached hydrogen (secondary N) is 1. The van der Waals surface area contributed by atoms with Gasteiger partial charge < -0.3 is 24.6 Å². The molecule has 3 aliphatic heterocycles. The van der Waals surface area contributed by atoms with Gasteiger partial charge in [-0.3, -0.25) is 4.79 Å². The highest BCUT2D eigenvalue weighted by molar-refractivity contribution is 5.79. The van der Waals surface area contributed by atoms with Crippen molar-refractivity contribution in [2.45, 2.75) is 37.3 Å². The number of likely N-dealkylation sites (tertiary alicyclic amines) is 2. The van der Waals surface area contributed by atoms with E-state index in [4.69, 9.17) is 9.47 Å². The van der Waals surface area contributed by atoms with Crippen molar-refractivity contribution in [1.29, 1.82) is 0 Å². The van der Waals surface area contributed by atoms with E-state index in [9.17, 15) is 9.59 Å². The molecule has 2 aromatic carbocycles. The van der Waals surface area contributed by atoms with Crippen LogP contribution >= 0.6 is 0 Å². The van der Waals surface area contributed by atoms with Crippen molar-refractivity contribution < 1.29 is 19.1 Å². The van der Waals surface area contributed by atoms with Crippen LogP contribution in [0.1, 0.15) is 30.7 Å². The predicted octanol–water partition coefficient (Wildman–Crippen LogP) is 3.37. The van der Waals surface area contributed by atoms with E-state index in [-0.39, 0.29) is 30.7 Å². The zero-order valence-corrected chi connectivity index (χ0v) is 18.1. The number of ether oxygens (including phenoxy) is 2. The Hall–Kier alpha value is -3.06. The summed E-state index contributed by atoms with van der Waals surface area (Å²) in [7, 11) is 0. The number of carbonyl (C=O) groups is 2. The van der Waals surface area contributed by atoms with E-state index in [1.807, 2.05) is 52.3 Å². The normalized spacial score (nSPS) is 23.9. The van der Waals surface area contributed by atoms with Crippen LogP contribution in [-0.4, -0.2) is 66.7 Å². The predicted molar refractivity (Wildman–Crippen MR) is 120 cm³/mol. The molecule has 0 aliphatic carbocycles. The van der Waals surface area contributed by atoms with Crippen molar-refractivity contribution in [2.75, 3.05) is 32.8 Å². The first kappa shape index (κ1) is 20.8. The maximum atomic E-state index is 13.1. The number of fused-ring (bicyclic) bond motifs is 1. The molecule has 3 amide bonds. The van der Waals surface area contributed by atoms with Crippen LogP contribution in [0.3, 0.4) is 0 Å². The summed E-state index contributed by atoms with van der Waals surface area (Å²) in [6.45, 7) is 2.83. The van der Waals surface area contributed by atoms with Crippen LogP contribution in [-0.2, 0) is 9.53 Å². The molecule has 0 saturated carbocycles. The Morgan fingerprint density at radius 3 is 2.34 bits per heavy atom. The molecule has 5 rings (SSSR count). The Labute approximate surface area is 188 Å². The zero-order chi connectivity index (χ0) is 21.9. The molecule has 2 atom stereocenters. The molecule has 0 bridgehead atoms. The van der Waals surface area contributed by atoms with E-state index in [1.165, 1.54) is 5.56 Å². The first-order valence-electron chi connectivity index (χ1n) is 11.4. The molecule has 0 radical (unpaired) electrons. The number of piperidine rings is 2. The fourth-order valence-corrected chi connectivity index (χ4v) is 4.91. The highest BCUT2D eigenvalue weighted by Gasteiger charge is 2.38. The van der Waals surface area contributed by atoms with Gasteiger partial charge in [-0.1, -0.05) is 30.3 Å². The smallest absolute Gasteiger partial charge is 0.320 e. The lowest BCUT2D eigenvalue weighted by atomic mass is 9.89. The van der Waals surface area contributed by atoms with Gasteiger partial charge >= 0.3 is 6.03 Å². The van der Waals surface area contributed by atoms with Gasteiger partial charge in [-0.2, -0.15) is 0 Å². The van der Waals surface area contributed by atoms with Gasteiger partial charge in [-0.05, 0) is 55.0 Å². The second kappa shape index (κ2) is 9.20. The lowest BCUT2D eigenvalue weighted by Crippen LogP contribution is -2.62. The lowest BCUT2D eigenvalue weighted by molar-refractivity contribution is -0.139. The van der Waals surface area contributed by atoms with Crippen molar-refractivity contribution in [3.8, 4) is 11.5 Å². The third-order valence-electron chi connectivity index (χ3n) is 6.69. The molecule has 7 nitrogen and oxygen atoms in total. The van der Waals surface area contributed by atoms with Crippen LogP contribution in [0.4, 0.5) is 4.79 Å². The summed E-state index contributed by atoms with van der Waals surface area (Å²) in [5.41, 5.74) is 1.29. The topological polar surface area (TPSA) is 71.1 Å². The average molecular weight is 436 g/mol. The minimum atomic E-state index is -0.0958. The minimum Gasteiger partial charge on any atom is -0.457 e. The van der Waals surface area contributed by atoms with Crippen LogP contribution in [0.2, 0.25) is 0 Å². The summed E-state index contributed by atoms with van der Waals surface area (Å²) < 4.78 is 11.5. The van der Waals surface area contributed by atoms with Crippen LogP contribution in [0.15, 0.2) is 54.6 Å². The molecule has 3 fully saturated rings. The summed E-state index contributed by atoms with van der Waals surface area (Å²) in [4.78, 5) is 28.5. The Kier molecular flexibility index (Phi) is 5.99. The van der Waals surface area contributed by atoms with Crippen LogP contribution < -0.4 is 10.1 Å². The van der Waals surface area contributed by atoms with Crippen molar-refractivity contribution in [3.05, 3.63) is 60.2 Å². The Morgan fingerprint density at radius 1 is 0.906 bits per heavy atom. The fourth-order valence-electron chi connectivity index (χ4n) is 4.91. The van der Waals surface area contributed by atoms with Gasteiger partial charge in [0.1, 0.15) is 18.1 Å². The second-order valence-corrected chi connectivity index (χ2v) is 8.79. The molecule has 3 saturated heterocycles. The van der Waals surface area contributed by atoms with Crippen molar-refractivity contribution >= 4 is 11.9 Å². The van der Waals surface area contributed by atoms with Gasteiger partial charge in [0.05, 0.1) is 12.1 Å². The highest BCUT2D eigenvalue weighted by atomic mass is 16.5. The maximum absolute atomic E-state index is 13.1. The first-order valence-corrected chi connectivity index (χ1v) is 11.4. The van der Waals surface area contributed by atoms with Crippen LogP contribution in [0.5, 0.6) is 11.5 Å². The molecule has 2 aromatic rings. The summed E-state index contributed by atoms with van der Waals surface area (Å²) >= 11 is 0. The number of carbonyl (C=O) groups excluding carboxylic acids is 2. The Bertz CT molecular complexity index is 941. The van der Waals surface area contributed by atoms with E-state index in [2.05, 4.69) is 17.4 Å². The number of benzene rings is 2. The molecule has 168 valence electrons. The average Bonchev–Trinajstić information content (AvgIpc) is 2.84. The first-order chi connectivity index (χ1) is 15.7. The quantitative estimate of drug-likeness (QED) is 0.803. The van der Waals surface area contributed by atoms with Gasteiger partial charge in [-0.15, -0.1) is 0 Å². The second-order valence-electron chi connectivity index (χ2n) is 8.79. The standard InChI is InChI=1S/C25H29N3O4/c29-24-17-31-23-12-15-28(16-22(23)26-24)25(30)27-13-10-19(11-14-27)18-6-8-21(9-7-18)32-20-4-2-1-3-5-20/h1-9,19,22-23H,10-17H2,(H,26,29)/t22-,23+/m1/s1. The van der Waals surface area contributed by atoms with Crippen molar-refractivity contribution in [2.24, 2.45) is 0 Å². The van der Waals surface area contributed by atoms with E-state index >= 15 is 0 Å². The van der Waals surface area contributed by atoms with Gasteiger partial charge in [0.25, 0.3) is 0 Å². The highest BCUT2D eigenvalue weighted by Crippen LogP contribution is 2.31. The van der Waals surface area contributed by atoms with Gasteiger partial charge in [0.2, 0.25) is 5.91 Å². The third kappa shape index (κ3) is 4.58. The molecular formula is C25H29N3O4. The molecule has 0 spiro atoms. The number of hydrogen-bond donors (Lipinski definition) is 1. The summed E-state index contributed by atoms with van der Waals surface area (Å²) in [6.07, 6.45) is 2.69. The van der Waals surface area contributed by atoms with Gasteiger partial charge in [0, 0.05) is 26.2 Å². The lowest BCUT2D eigenvalue weighted by Gasteiger charge is -2.43. The molecule has 32 heavy (non-hydrogen) atoms. The molecule has 7 heteroatoms. The number of para-hydroxylation sites is 1. The number of rotatable bonds is 3. The molecule has 3 aliphatic rings. The minimum absolute atomic E-state index is 0.0244. The number of nitrogens with zero attached hydrogens (tertiary/aromatic N) is 2. The van der Waals surface area contributed by atoms with Crippen molar-refractivity contribution in [3.63, 3.8) is 0 Å². The summed E-state index contributed by atoms with van der Waals surface area (Å²) in [5, 5.41) is 2.97. The molecule has 3 heterocycles. The van der Waals surface area contributed by atoms with E-state index in [0.29, 0.717) is 19.0 Å². The van der Waals surface area contributed by atoms with Gasteiger partial charge in [0.15, 0.2) is 0 Å². The zero-order valence-electron chi connectivity index (χ0n) is 18.1. The van der Waals surface area contributed by atoms with E-state index < -0.39 is 0 Å². The van der Waals surface area contributed by atoms with Crippen LogP contribution in [0, 0.1) is 0 Å². The third-order valence-corrected chi connectivity index (χ3v) is 6.69. The van der Waals surface area contributed by atoms with E-state index in [1.54, 1.807) is 0 Å². The SMILES string of the molecule is O=C1CO[C@H]2CCN(C(=O)N3CCC(c4ccc(Oc5ccccc5)cc4)CC3)C[C@H]2N1. The molecule has 0 unspecified atom stereocenters. The van der Waals surface area contributed by atoms with Crippen molar-refractivity contribution in [1.82, 2.24) is 15.1 Å². The number of morpholine rings is 1. The molecule has 1 N–H and O–H groups in total. The monoisotopic (exact) mass is 435 g/mol.